The molecule has 0 amide bonds. The van der Waals surface area contributed by atoms with Crippen molar-refractivity contribution >= 4 is 27.8 Å². The number of rotatable bonds is 23. The number of ether oxygens (including phenoxy) is 2. The Morgan fingerprint density at radius 3 is 1.58 bits per heavy atom. The summed E-state index contributed by atoms with van der Waals surface area (Å²) in [7, 11) is 0. The Bertz CT molecular complexity index is 874. The zero-order valence-electron chi connectivity index (χ0n) is 23.6. The number of ketones is 1. The van der Waals surface area contributed by atoms with E-state index in [0.29, 0.717) is 12.2 Å². The van der Waals surface area contributed by atoms with Crippen LogP contribution in [0.2, 0.25) is 0 Å². The monoisotopic (exact) mass is 584 g/mol. The lowest BCUT2D eigenvalue weighted by molar-refractivity contribution is 0.104. The summed E-state index contributed by atoms with van der Waals surface area (Å²) in [6.45, 7) is 3.71. The first-order valence-corrected chi connectivity index (χ1v) is 16.1. The molecule has 0 heterocycles. The maximum atomic E-state index is 12.5. The van der Waals surface area contributed by atoms with E-state index in [1.165, 1.54) is 83.5 Å². The van der Waals surface area contributed by atoms with E-state index in [2.05, 4.69) is 22.9 Å². The number of alkyl halides is 1. The second-order valence-electron chi connectivity index (χ2n) is 10.1. The van der Waals surface area contributed by atoms with Gasteiger partial charge in [0.15, 0.2) is 5.78 Å². The van der Waals surface area contributed by atoms with Gasteiger partial charge in [0.1, 0.15) is 11.5 Å². The van der Waals surface area contributed by atoms with Crippen molar-refractivity contribution in [2.75, 3.05) is 18.5 Å². The van der Waals surface area contributed by atoms with Crippen LogP contribution in [0, 0.1) is 0 Å². The molecule has 0 aliphatic carbocycles. The van der Waals surface area contributed by atoms with Crippen molar-refractivity contribution in [3.63, 3.8) is 0 Å². The Kier molecular flexibility index (Phi) is 18.5. The Hall–Kier alpha value is -2.07. The topological polar surface area (TPSA) is 35.5 Å². The van der Waals surface area contributed by atoms with E-state index < -0.39 is 0 Å². The van der Waals surface area contributed by atoms with Gasteiger partial charge in [-0.25, -0.2) is 0 Å². The molecule has 2 rings (SSSR count). The predicted molar refractivity (Wildman–Crippen MR) is 166 cm³/mol. The van der Waals surface area contributed by atoms with Gasteiger partial charge in [0.25, 0.3) is 0 Å². The van der Waals surface area contributed by atoms with E-state index >= 15 is 0 Å². The van der Waals surface area contributed by atoms with Crippen LogP contribution in [0.15, 0.2) is 54.6 Å². The summed E-state index contributed by atoms with van der Waals surface area (Å²) >= 11 is 3.40. The highest BCUT2D eigenvalue weighted by atomic mass is 79.9. The van der Waals surface area contributed by atoms with Crippen LogP contribution >= 0.6 is 15.9 Å². The molecule has 0 aliphatic heterocycles. The zero-order valence-corrected chi connectivity index (χ0v) is 25.2. The van der Waals surface area contributed by atoms with E-state index in [9.17, 15) is 4.79 Å². The molecule has 4 heteroatoms. The molecule has 0 saturated carbocycles. The zero-order chi connectivity index (χ0) is 27.1. The average Bonchev–Trinajstić information content (AvgIpc) is 2.95. The summed E-state index contributed by atoms with van der Waals surface area (Å²) in [5, 5.41) is 0.933. The van der Waals surface area contributed by atoms with Crippen LogP contribution in [0.4, 0.5) is 0 Å². The van der Waals surface area contributed by atoms with E-state index in [0.717, 1.165) is 41.8 Å². The quantitative estimate of drug-likeness (QED) is 0.0563. The number of hydrogen-bond donors (Lipinski definition) is 0. The number of unbranched alkanes of at least 4 members (excludes halogenated alkanes) is 13. The second kappa shape index (κ2) is 21.8. The third-order valence-corrected chi connectivity index (χ3v) is 7.32. The van der Waals surface area contributed by atoms with Crippen molar-refractivity contribution in [2.45, 2.75) is 103 Å². The van der Waals surface area contributed by atoms with Gasteiger partial charge in [0.2, 0.25) is 0 Å². The lowest BCUT2D eigenvalue weighted by Crippen LogP contribution is -1.99. The van der Waals surface area contributed by atoms with Crippen LogP contribution in [0.1, 0.15) is 119 Å². The summed E-state index contributed by atoms with van der Waals surface area (Å²) in [6.07, 6.45) is 23.4. The molecule has 0 N–H and O–H groups in total. The van der Waals surface area contributed by atoms with Crippen LogP contribution in [0.25, 0.3) is 6.08 Å². The molecule has 2 aromatic carbocycles. The van der Waals surface area contributed by atoms with Crippen molar-refractivity contribution < 1.29 is 14.3 Å². The fraction of sp³-hybridized carbons (Fsp3) is 0.559. The Morgan fingerprint density at radius 1 is 0.632 bits per heavy atom. The molecule has 210 valence electrons. The average molecular weight is 586 g/mol. The minimum Gasteiger partial charge on any atom is -0.494 e. The smallest absolute Gasteiger partial charge is 0.185 e. The Balaban J connectivity index is 1.51. The fourth-order valence-corrected chi connectivity index (χ4v) is 4.62. The summed E-state index contributed by atoms with van der Waals surface area (Å²) < 4.78 is 11.5. The van der Waals surface area contributed by atoms with Crippen molar-refractivity contribution in [1.29, 1.82) is 0 Å². The number of allylic oxidation sites excluding steroid dienone is 1. The number of benzene rings is 2. The van der Waals surface area contributed by atoms with Gasteiger partial charge >= 0.3 is 0 Å². The van der Waals surface area contributed by atoms with Gasteiger partial charge in [-0.1, -0.05) is 125 Å². The van der Waals surface area contributed by atoms with E-state index in [1.807, 2.05) is 54.6 Å². The first-order valence-electron chi connectivity index (χ1n) is 15.0. The predicted octanol–water partition coefficient (Wildman–Crippen LogP) is 10.6. The highest BCUT2D eigenvalue weighted by Crippen LogP contribution is 2.17. The Labute approximate surface area is 240 Å². The third-order valence-electron chi connectivity index (χ3n) is 6.76. The molecular weight excluding hydrogens is 536 g/mol. The minimum atomic E-state index is -0.0128. The molecule has 38 heavy (non-hydrogen) atoms. The fourth-order valence-electron chi connectivity index (χ4n) is 4.39. The van der Waals surface area contributed by atoms with Crippen molar-refractivity contribution in [1.82, 2.24) is 0 Å². The largest absolute Gasteiger partial charge is 0.494 e. The number of hydrogen-bond acceptors (Lipinski definition) is 3. The molecular formula is C34H49BrO3. The molecule has 0 spiro atoms. The summed E-state index contributed by atoms with van der Waals surface area (Å²) in [5.41, 5.74) is 1.64. The SMILES string of the molecule is CCCCCCCCCCCCCCCCOc1ccc(C(=O)/C=C/c2ccc(OCCCBr)cc2)cc1. The van der Waals surface area contributed by atoms with Gasteiger partial charge in [0, 0.05) is 10.9 Å². The van der Waals surface area contributed by atoms with Gasteiger partial charge < -0.3 is 9.47 Å². The van der Waals surface area contributed by atoms with Gasteiger partial charge in [-0.05, 0) is 60.9 Å². The second-order valence-corrected chi connectivity index (χ2v) is 10.9. The summed E-state index contributed by atoms with van der Waals surface area (Å²) in [4.78, 5) is 12.5. The van der Waals surface area contributed by atoms with E-state index in [4.69, 9.17) is 9.47 Å². The summed E-state index contributed by atoms with van der Waals surface area (Å²) in [6, 6.07) is 15.3. The molecule has 0 aliphatic rings. The molecule has 0 unspecified atom stereocenters. The number of carbonyl (C=O) groups excluding carboxylic acids is 1. The van der Waals surface area contributed by atoms with Gasteiger partial charge in [-0.3, -0.25) is 4.79 Å². The lowest BCUT2D eigenvalue weighted by atomic mass is 10.0. The van der Waals surface area contributed by atoms with Crippen LogP contribution in [-0.2, 0) is 0 Å². The van der Waals surface area contributed by atoms with E-state index in [-0.39, 0.29) is 5.78 Å². The Morgan fingerprint density at radius 2 is 1.08 bits per heavy atom. The van der Waals surface area contributed by atoms with Crippen molar-refractivity contribution in [3.05, 3.63) is 65.7 Å². The van der Waals surface area contributed by atoms with Crippen LogP contribution in [0.5, 0.6) is 11.5 Å². The molecule has 0 atom stereocenters. The maximum Gasteiger partial charge on any atom is 0.185 e. The standard InChI is InChI=1S/C34H49BrO3/c1-2-3-4-5-6-7-8-9-10-11-12-13-14-15-28-37-33-24-20-31(21-25-33)34(36)26-19-30-17-22-32(23-18-30)38-29-16-27-35/h17-26H,2-16,27-29H2,1H3/b26-19+. The summed E-state index contributed by atoms with van der Waals surface area (Å²) in [5.74, 6) is 1.66. The molecule has 0 bridgehead atoms. The van der Waals surface area contributed by atoms with Crippen LogP contribution in [0.3, 0.4) is 0 Å². The highest BCUT2D eigenvalue weighted by Gasteiger charge is 2.03. The van der Waals surface area contributed by atoms with Gasteiger partial charge in [-0.15, -0.1) is 0 Å². The maximum absolute atomic E-state index is 12.5. The first-order chi connectivity index (χ1) is 18.7. The highest BCUT2D eigenvalue weighted by molar-refractivity contribution is 9.09. The number of halogens is 1. The van der Waals surface area contributed by atoms with E-state index in [1.54, 1.807) is 6.08 Å². The van der Waals surface area contributed by atoms with Crippen molar-refractivity contribution in [2.24, 2.45) is 0 Å². The van der Waals surface area contributed by atoms with Crippen LogP contribution < -0.4 is 9.47 Å². The lowest BCUT2D eigenvalue weighted by Gasteiger charge is -2.07. The van der Waals surface area contributed by atoms with Crippen molar-refractivity contribution in [3.8, 4) is 11.5 Å². The molecule has 3 nitrogen and oxygen atoms in total. The van der Waals surface area contributed by atoms with Gasteiger partial charge in [-0.2, -0.15) is 0 Å². The molecule has 0 saturated heterocycles. The molecule has 2 aromatic rings. The normalized spacial score (nSPS) is 11.2. The first kappa shape index (κ1) is 32.1. The van der Waals surface area contributed by atoms with Crippen LogP contribution in [-0.4, -0.2) is 24.3 Å². The molecule has 0 radical (unpaired) electrons. The molecule has 0 fully saturated rings. The molecule has 0 aromatic heterocycles. The minimum absolute atomic E-state index is 0.0128. The number of carbonyl (C=O) groups is 1. The third kappa shape index (κ3) is 15.4. The van der Waals surface area contributed by atoms with Gasteiger partial charge in [0.05, 0.1) is 13.2 Å².